The molecule has 152 valence electrons. The van der Waals surface area contributed by atoms with Gasteiger partial charge >= 0.3 is 5.97 Å². The standard InChI is InChI=1S/C19H23FN2O5S/c1-4-8-21-18(24)11(2)22-15(23)10-27-19(25)17-12(9-26-3)16-13(20)6-5-7-14(16)28-17/h5-7,11H,4,8-10H2,1-3H3,(H,21,24)(H,22,23)/t11-/m0/s1. The summed E-state index contributed by atoms with van der Waals surface area (Å²) in [6.07, 6.45) is 0.781. The van der Waals surface area contributed by atoms with Crippen LogP contribution in [0.1, 0.15) is 35.5 Å². The number of esters is 1. The first-order chi connectivity index (χ1) is 13.4. The third-order valence-electron chi connectivity index (χ3n) is 3.89. The molecule has 2 rings (SSSR count). The summed E-state index contributed by atoms with van der Waals surface area (Å²) in [6.45, 7) is 3.45. The lowest BCUT2D eigenvalue weighted by Crippen LogP contribution is -2.46. The Morgan fingerprint density at radius 1 is 1.29 bits per heavy atom. The fourth-order valence-corrected chi connectivity index (χ4v) is 3.68. The smallest absolute Gasteiger partial charge is 0.349 e. The Kier molecular flexibility index (Phi) is 7.89. The number of ether oxygens (including phenoxy) is 2. The van der Waals surface area contributed by atoms with Crippen molar-refractivity contribution in [2.75, 3.05) is 20.3 Å². The molecule has 1 aromatic heterocycles. The number of amides is 2. The number of hydrogen-bond acceptors (Lipinski definition) is 6. The maximum Gasteiger partial charge on any atom is 0.349 e. The second-order valence-electron chi connectivity index (χ2n) is 6.11. The second kappa shape index (κ2) is 10.1. The van der Waals surface area contributed by atoms with Crippen molar-refractivity contribution in [3.63, 3.8) is 0 Å². The van der Waals surface area contributed by atoms with Gasteiger partial charge in [-0.3, -0.25) is 9.59 Å². The molecule has 0 radical (unpaired) electrons. The van der Waals surface area contributed by atoms with Crippen molar-refractivity contribution in [1.82, 2.24) is 10.6 Å². The molecule has 0 aliphatic carbocycles. The molecule has 28 heavy (non-hydrogen) atoms. The summed E-state index contributed by atoms with van der Waals surface area (Å²) in [4.78, 5) is 36.3. The van der Waals surface area contributed by atoms with E-state index < -0.39 is 30.3 Å². The van der Waals surface area contributed by atoms with Crippen molar-refractivity contribution in [3.8, 4) is 0 Å². The van der Waals surface area contributed by atoms with Gasteiger partial charge in [-0.25, -0.2) is 9.18 Å². The molecule has 0 fully saturated rings. The SMILES string of the molecule is CCCNC(=O)[C@H](C)NC(=O)COC(=O)c1sc2cccc(F)c2c1COC. The van der Waals surface area contributed by atoms with Gasteiger partial charge in [-0.2, -0.15) is 0 Å². The lowest BCUT2D eigenvalue weighted by molar-refractivity contribution is -0.130. The van der Waals surface area contributed by atoms with Crippen LogP contribution in [0.25, 0.3) is 10.1 Å². The minimum absolute atomic E-state index is 0.0339. The number of thiophene rings is 1. The summed E-state index contributed by atoms with van der Waals surface area (Å²) in [7, 11) is 1.44. The van der Waals surface area contributed by atoms with Crippen LogP contribution in [0.2, 0.25) is 0 Å². The Balaban J connectivity index is 2.03. The average molecular weight is 410 g/mol. The van der Waals surface area contributed by atoms with E-state index in [1.807, 2.05) is 6.92 Å². The Bertz CT molecular complexity index is 867. The van der Waals surface area contributed by atoms with Gasteiger partial charge in [-0.15, -0.1) is 11.3 Å². The highest BCUT2D eigenvalue weighted by Crippen LogP contribution is 2.34. The first-order valence-electron chi connectivity index (χ1n) is 8.82. The van der Waals surface area contributed by atoms with E-state index in [0.29, 0.717) is 22.2 Å². The van der Waals surface area contributed by atoms with Crippen LogP contribution in [-0.4, -0.2) is 44.1 Å². The van der Waals surface area contributed by atoms with Crippen molar-refractivity contribution >= 4 is 39.2 Å². The highest BCUT2D eigenvalue weighted by atomic mass is 32.1. The van der Waals surface area contributed by atoms with Crippen LogP contribution in [0.5, 0.6) is 0 Å². The quantitative estimate of drug-likeness (QED) is 0.619. The maximum absolute atomic E-state index is 14.2. The minimum atomic E-state index is -0.750. The van der Waals surface area contributed by atoms with Crippen LogP contribution in [0, 0.1) is 5.82 Å². The lowest BCUT2D eigenvalue weighted by atomic mass is 10.1. The van der Waals surface area contributed by atoms with Gasteiger partial charge in [0.05, 0.1) is 6.61 Å². The van der Waals surface area contributed by atoms with Gasteiger partial charge in [0.25, 0.3) is 5.91 Å². The lowest BCUT2D eigenvalue weighted by Gasteiger charge is -2.13. The van der Waals surface area contributed by atoms with Crippen LogP contribution in [-0.2, 0) is 25.7 Å². The van der Waals surface area contributed by atoms with E-state index in [4.69, 9.17) is 9.47 Å². The van der Waals surface area contributed by atoms with Crippen LogP contribution in [0.3, 0.4) is 0 Å². The molecule has 1 atom stereocenters. The predicted molar refractivity (Wildman–Crippen MR) is 104 cm³/mol. The number of nitrogens with one attached hydrogen (secondary N) is 2. The van der Waals surface area contributed by atoms with Crippen molar-refractivity contribution in [2.24, 2.45) is 0 Å². The van der Waals surface area contributed by atoms with Crippen molar-refractivity contribution in [2.45, 2.75) is 32.9 Å². The zero-order valence-corrected chi connectivity index (χ0v) is 16.8. The molecule has 0 aliphatic heterocycles. The van der Waals surface area contributed by atoms with Crippen molar-refractivity contribution in [3.05, 3.63) is 34.5 Å². The van der Waals surface area contributed by atoms with Crippen LogP contribution in [0.15, 0.2) is 18.2 Å². The molecular weight excluding hydrogens is 387 g/mol. The third-order valence-corrected chi connectivity index (χ3v) is 5.07. The van der Waals surface area contributed by atoms with E-state index in [1.54, 1.807) is 12.1 Å². The molecule has 2 amide bonds. The Morgan fingerprint density at radius 2 is 2.04 bits per heavy atom. The highest BCUT2D eigenvalue weighted by molar-refractivity contribution is 7.21. The van der Waals surface area contributed by atoms with Crippen LogP contribution < -0.4 is 10.6 Å². The first-order valence-corrected chi connectivity index (χ1v) is 9.63. The molecule has 0 saturated heterocycles. The molecule has 0 unspecified atom stereocenters. The number of carbonyl (C=O) groups is 3. The van der Waals surface area contributed by atoms with Crippen molar-refractivity contribution < 1.29 is 28.2 Å². The number of benzene rings is 1. The third kappa shape index (κ3) is 5.26. The number of methoxy groups -OCH3 is 1. The Morgan fingerprint density at radius 3 is 2.71 bits per heavy atom. The second-order valence-corrected chi connectivity index (χ2v) is 7.16. The minimum Gasteiger partial charge on any atom is -0.451 e. The van der Waals surface area contributed by atoms with Gasteiger partial charge < -0.3 is 20.1 Å². The maximum atomic E-state index is 14.2. The van der Waals surface area contributed by atoms with Gasteiger partial charge in [-0.05, 0) is 25.5 Å². The molecule has 2 aromatic rings. The van der Waals surface area contributed by atoms with Gasteiger partial charge in [0.15, 0.2) is 6.61 Å². The zero-order chi connectivity index (χ0) is 20.7. The van der Waals surface area contributed by atoms with E-state index in [1.165, 1.54) is 20.1 Å². The summed E-state index contributed by atoms with van der Waals surface area (Å²) in [6, 6.07) is 3.81. The van der Waals surface area contributed by atoms with E-state index in [2.05, 4.69) is 10.6 Å². The number of hydrogen-bond donors (Lipinski definition) is 2. The zero-order valence-electron chi connectivity index (χ0n) is 16.0. The van der Waals surface area contributed by atoms with E-state index in [0.717, 1.165) is 17.8 Å². The topological polar surface area (TPSA) is 93.7 Å². The van der Waals surface area contributed by atoms with Crippen molar-refractivity contribution in [1.29, 1.82) is 0 Å². The fraction of sp³-hybridized carbons (Fsp3) is 0.421. The number of rotatable bonds is 9. The van der Waals surface area contributed by atoms with E-state index in [9.17, 15) is 18.8 Å². The average Bonchev–Trinajstić information content (AvgIpc) is 3.04. The summed E-state index contributed by atoms with van der Waals surface area (Å²) in [5, 5.41) is 5.43. The molecule has 7 nitrogen and oxygen atoms in total. The number of carbonyl (C=O) groups excluding carboxylic acids is 3. The first kappa shape index (κ1) is 21.8. The molecule has 1 aromatic carbocycles. The predicted octanol–water partition coefficient (Wildman–Crippen LogP) is 2.37. The summed E-state index contributed by atoms with van der Waals surface area (Å²) in [5.74, 6) is -2.12. The van der Waals surface area contributed by atoms with E-state index in [-0.39, 0.29) is 17.4 Å². The normalized spacial score (nSPS) is 11.9. The molecular formula is C19H23FN2O5S. The van der Waals surface area contributed by atoms with Gasteiger partial charge in [0, 0.05) is 29.3 Å². The molecule has 2 N–H and O–H groups in total. The van der Waals surface area contributed by atoms with Crippen LogP contribution >= 0.6 is 11.3 Å². The summed E-state index contributed by atoms with van der Waals surface area (Å²) < 4.78 is 24.9. The molecule has 0 aliphatic rings. The van der Waals surface area contributed by atoms with E-state index >= 15 is 0 Å². The van der Waals surface area contributed by atoms with Gasteiger partial charge in [0.2, 0.25) is 5.91 Å². The van der Waals surface area contributed by atoms with Crippen LogP contribution in [0.4, 0.5) is 4.39 Å². The molecule has 0 bridgehead atoms. The van der Waals surface area contributed by atoms with Gasteiger partial charge in [-0.1, -0.05) is 13.0 Å². The largest absolute Gasteiger partial charge is 0.451 e. The highest BCUT2D eigenvalue weighted by Gasteiger charge is 2.23. The number of fused-ring (bicyclic) bond motifs is 1. The monoisotopic (exact) mass is 410 g/mol. The molecule has 0 spiro atoms. The Labute approximate surface area is 166 Å². The summed E-state index contributed by atoms with van der Waals surface area (Å²) in [5.41, 5.74) is 0.387. The molecule has 9 heteroatoms. The fourth-order valence-electron chi connectivity index (χ4n) is 2.56. The Hall–Kier alpha value is -2.52. The summed E-state index contributed by atoms with van der Waals surface area (Å²) >= 11 is 1.08. The number of halogens is 1. The van der Waals surface area contributed by atoms with Gasteiger partial charge in [0.1, 0.15) is 16.7 Å². The molecule has 0 saturated carbocycles. The molecule has 1 heterocycles.